The quantitative estimate of drug-likeness (QED) is 0.455. The van der Waals surface area contributed by atoms with E-state index in [9.17, 15) is 5.11 Å². The van der Waals surface area contributed by atoms with Crippen LogP contribution in [0, 0.1) is 5.92 Å². The van der Waals surface area contributed by atoms with Gasteiger partial charge >= 0.3 is 0 Å². The average molecular weight is 289 g/mol. The van der Waals surface area contributed by atoms with E-state index in [0.717, 1.165) is 36.4 Å². The van der Waals surface area contributed by atoms with Crippen LogP contribution in [0.5, 0.6) is 0 Å². The van der Waals surface area contributed by atoms with Gasteiger partial charge in [-0.3, -0.25) is 0 Å². The second-order valence-corrected chi connectivity index (χ2v) is 5.77. The fourth-order valence-corrected chi connectivity index (χ4v) is 2.78. The maximum Gasteiger partial charge on any atom is 0.187 e. The molecular formula is C17H23NOS. The molecule has 0 aliphatic heterocycles. The van der Waals surface area contributed by atoms with Crippen LogP contribution < -0.4 is 4.90 Å². The van der Waals surface area contributed by atoms with Crippen molar-refractivity contribution in [3.8, 4) is 0 Å². The molecule has 20 heavy (non-hydrogen) atoms. The Morgan fingerprint density at radius 2 is 2.30 bits per heavy atom. The van der Waals surface area contributed by atoms with E-state index >= 15 is 0 Å². The SMILES string of the molecule is CC/C=C(/O)N(CC1CC=CCC1)c1cccc(S)c1. The summed E-state index contributed by atoms with van der Waals surface area (Å²) in [6, 6.07) is 7.96. The highest BCUT2D eigenvalue weighted by Gasteiger charge is 2.18. The van der Waals surface area contributed by atoms with Crippen molar-refractivity contribution >= 4 is 18.3 Å². The minimum atomic E-state index is 0.348. The Morgan fingerprint density at radius 3 is 2.95 bits per heavy atom. The van der Waals surface area contributed by atoms with Crippen LogP contribution in [0.2, 0.25) is 0 Å². The van der Waals surface area contributed by atoms with Gasteiger partial charge in [-0.15, -0.1) is 12.6 Å². The molecule has 0 amide bonds. The molecule has 0 fully saturated rings. The van der Waals surface area contributed by atoms with E-state index in [0.29, 0.717) is 11.8 Å². The number of thiol groups is 1. The van der Waals surface area contributed by atoms with E-state index in [-0.39, 0.29) is 0 Å². The molecule has 1 N–H and O–H groups in total. The van der Waals surface area contributed by atoms with Gasteiger partial charge in [0, 0.05) is 17.1 Å². The summed E-state index contributed by atoms with van der Waals surface area (Å²) in [5.41, 5.74) is 1.01. The zero-order valence-electron chi connectivity index (χ0n) is 12.0. The second-order valence-electron chi connectivity index (χ2n) is 5.25. The highest BCUT2D eigenvalue weighted by molar-refractivity contribution is 7.80. The molecule has 1 aliphatic rings. The van der Waals surface area contributed by atoms with Crippen molar-refractivity contribution in [3.63, 3.8) is 0 Å². The van der Waals surface area contributed by atoms with Crippen LogP contribution in [-0.4, -0.2) is 11.7 Å². The van der Waals surface area contributed by atoms with Crippen LogP contribution in [0.3, 0.4) is 0 Å². The van der Waals surface area contributed by atoms with Gasteiger partial charge in [0.25, 0.3) is 0 Å². The smallest absolute Gasteiger partial charge is 0.187 e. The van der Waals surface area contributed by atoms with E-state index in [1.807, 2.05) is 42.2 Å². The van der Waals surface area contributed by atoms with E-state index in [2.05, 4.69) is 24.8 Å². The maximum absolute atomic E-state index is 10.3. The summed E-state index contributed by atoms with van der Waals surface area (Å²) in [6.07, 6.45) is 10.6. The second kappa shape index (κ2) is 7.44. The van der Waals surface area contributed by atoms with E-state index < -0.39 is 0 Å². The maximum atomic E-state index is 10.3. The summed E-state index contributed by atoms with van der Waals surface area (Å²) >= 11 is 4.40. The lowest BCUT2D eigenvalue weighted by Gasteiger charge is -2.29. The number of benzene rings is 1. The molecule has 1 aliphatic carbocycles. The number of rotatable bonds is 5. The third kappa shape index (κ3) is 4.07. The first-order chi connectivity index (χ1) is 9.70. The van der Waals surface area contributed by atoms with Crippen LogP contribution in [0.1, 0.15) is 32.6 Å². The molecule has 2 rings (SSSR count). The summed E-state index contributed by atoms with van der Waals surface area (Å²) in [5.74, 6) is 0.942. The van der Waals surface area contributed by atoms with Crippen molar-refractivity contribution in [2.75, 3.05) is 11.4 Å². The lowest BCUT2D eigenvalue weighted by Crippen LogP contribution is -2.29. The molecule has 0 aromatic heterocycles. The first-order valence-electron chi connectivity index (χ1n) is 7.31. The van der Waals surface area contributed by atoms with Gasteiger partial charge in [0.1, 0.15) is 0 Å². The van der Waals surface area contributed by atoms with Gasteiger partial charge < -0.3 is 10.0 Å². The summed E-state index contributed by atoms with van der Waals surface area (Å²) in [5, 5.41) is 10.3. The molecule has 0 spiro atoms. The van der Waals surface area contributed by atoms with Gasteiger partial charge in [-0.25, -0.2) is 0 Å². The number of nitrogens with zero attached hydrogens (tertiary/aromatic N) is 1. The Labute approximate surface area is 127 Å². The monoisotopic (exact) mass is 289 g/mol. The zero-order chi connectivity index (χ0) is 14.4. The highest BCUT2D eigenvalue weighted by atomic mass is 32.1. The number of hydrogen-bond donors (Lipinski definition) is 2. The van der Waals surface area contributed by atoms with Crippen molar-refractivity contribution in [1.29, 1.82) is 0 Å². The molecule has 0 bridgehead atoms. The van der Waals surface area contributed by atoms with Gasteiger partial charge in [0.05, 0.1) is 0 Å². The average Bonchev–Trinajstić information content (AvgIpc) is 2.46. The van der Waals surface area contributed by atoms with Crippen LogP contribution in [0.15, 0.2) is 53.3 Å². The van der Waals surface area contributed by atoms with Gasteiger partial charge in [-0.1, -0.05) is 25.1 Å². The fraction of sp³-hybridized carbons (Fsp3) is 0.412. The van der Waals surface area contributed by atoms with E-state index in [1.165, 1.54) is 6.42 Å². The molecule has 0 saturated carbocycles. The molecule has 108 valence electrons. The van der Waals surface area contributed by atoms with Crippen LogP contribution in [0.4, 0.5) is 5.69 Å². The minimum Gasteiger partial charge on any atom is -0.495 e. The van der Waals surface area contributed by atoms with Gasteiger partial charge in [-0.2, -0.15) is 0 Å². The zero-order valence-corrected chi connectivity index (χ0v) is 12.9. The Kier molecular flexibility index (Phi) is 5.60. The van der Waals surface area contributed by atoms with Crippen molar-refractivity contribution < 1.29 is 5.11 Å². The van der Waals surface area contributed by atoms with E-state index in [4.69, 9.17) is 0 Å². The third-order valence-corrected chi connectivity index (χ3v) is 3.90. The summed E-state index contributed by atoms with van der Waals surface area (Å²) in [7, 11) is 0. The molecule has 2 nitrogen and oxygen atoms in total. The molecule has 1 atom stereocenters. The van der Waals surface area contributed by atoms with Crippen LogP contribution in [0.25, 0.3) is 0 Å². The van der Waals surface area contributed by atoms with Gasteiger partial charge in [0.15, 0.2) is 5.88 Å². The predicted molar refractivity (Wildman–Crippen MR) is 88.5 cm³/mol. The lowest BCUT2D eigenvalue weighted by atomic mass is 9.94. The van der Waals surface area contributed by atoms with Gasteiger partial charge in [-0.05, 0) is 55.9 Å². The van der Waals surface area contributed by atoms with Gasteiger partial charge in [0.2, 0.25) is 0 Å². The standard InChI is InChI=1S/C17H23NOS/c1-2-7-17(19)18(13-14-8-4-3-5-9-14)15-10-6-11-16(20)12-15/h3-4,6-7,10-12,14,19-20H,2,5,8-9,13H2,1H3/b17-7+. The Bertz CT molecular complexity index is 496. The van der Waals surface area contributed by atoms with Crippen molar-refractivity contribution in [1.82, 2.24) is 0 Å². The molecule has 0 saturated heterocycles. The number of aliphatic hydroxyl groups excluding tert-OH is 1. The Balaban J connectivity index is 2.20. The predicted octanol–water partition coefficient (Wildman–Crippen LogP) is 4.95. The topological polar surface area (TPSA) is 23.5 Å². The number of anilines is 1. The minimum absolute atomic E-state index is 0.348. The fourth-order valence-electron chi connectivity index (χ4n) is 2.57. The summed E-state index contributed by atoms with van der Waals surface area (Å²) in [6.45, 7) is 2.89. The van der Waals surface area contributed by atoms with Crippen molar-refractivity contribution in [2.45, 2.75) is 37.5 Å². The molecule has 3 heteroatoms. The number of allylic oxidation sites excluding steroid dienone is 3. The summed E-state index contributed by atoms with van der Waals surface area (Å²) < 4.78 is 0. The first-order valence-corrected chi connectivity index (χ1v) is 7.76. The molecular weight excluding hydrogens is 266 g/mol. The molecule has 0 heterocycles. The summed E-state index contributed by atoms with van der Waals surface area (Å²) in [4.78, 5) is 2.92. The van der Waals surface area contributed by atoms with Crippen molar-refractivity contribution in [2.24, 2.45) is 5.92 Å². The van der Waals surface area contributed by atoms with E-state index in [1.54, 1.807) is 0 Å². The largest absolute Gasteiger partial charge is 0.495 e. The molecule has 1 aromatic carbocycles. The normalized spacial score (nSPS) is 19.1. The third-order valence-electron chi connectivity index (χ3n) is 3.62. The molecule has 1 unspecified atom stereocenters. The number of aliphatic hydroxyl groups is 1. The first kappa shape index (κ1) is 15.0. The van der Waals surface area contributed by atoms with Crippen LogP contribution in [-0.2, 0) is 0 Å². The Hall–Kier alpha value is -1.35. The molecule has 1 aromatic rings. The molecule has 0 radical (unpaired) electrons. The highest BCUT2D eigenvalue weighted by Crippen LogP contribution is 2.26. The number of hydrogen-bond acceptors (Lipinski definition) is 3. The van der Waals surface area contributed by atoms with Crippen LogP contribution >= 0.6 is 12.6 Å². The van der Waals surface area contributed by atoms with Crippen molar-refractivity contribution in [3.05, 3.63) is 48.4 Å². The Morgan fingerprint density at radius 1 is 1.45 bits per heavy atom. The lowest BCUT2D eigenvalue weighted by molar-refractivity contribution is 0.367.